The van der Waals surface area contributed by atoms with Crippen LogP contribution in [0.3, 0.4) is 0 Å². The fourth-order valence-corrected chi connectivity index (χ4v) is 2.56. The lowest BCUT2D eigenvalue weighted by Crippen LogP contribution is -1.91. The number of hydrogen-bond donors (Lipinski definition) is 1. The first-order valence-electron chi connectivity index (χ1n) is 4.70. The highest BCUT2D eigenvalue weighted by Crippen LogP contribution is 2.38. The summed E-state index contributed by atoms with van der Waals surface area (Å²) in [4.78, 5) is 1.25. The van der Waals surface area contributed by atoms with Crippen molar-refractivity contribution in [1.29, 1.82) is 0 Å². The minimum atomic E-state index is 0.580. The second kappa shape index (κ2) is 3.22. The zero-order valence-electron chi connectivity index (χ0n) is 8.04. The van der Waals surface area contributed by atoms with Crippen molar-refractivity contribution in [2.45, 2.75) is 20.3 Å². The Labute approximate surface area is 85.1 Å². The Hall–Kier alpha value is -0.690. The molecule has 1 heteroatoms. The molecular weight excluding hydrogens is 176 g/mol. The van der Waals surface area contributed by atoms with E-state index in [4.69, 9.17) is 0 Å². The number of rotatable bonds is 1. The second-order valence-electron chi connectivity index (χ2n) is 3.85. The topological polar surface area (TPSA) is 0 Å². The molecule has 68 valence electrons. The van der Waals surface area contributed by atoms with Gasteiger partial charge in [0.25, 0.3) is 0 Å². The van der Waals surface area contributed by atoms with Gasteiger partial charge in [-0.1, -0.05) is 38.1 Å². The lowest BCUT2D eigenvalue weighted by Gasteiger charge is -2.09. The van der Waals surface area contributed by atoms with E-state index in [1.54, 1.807) is 0 Å². The molecule has 13 heavy (non-hydrogen) atoms. The Balaban J connectivity index is 2.53. The van der Waals surface area contributed by atoms with Crippen LogP contribution >= 0.6 is 12.6 Å². The molecule has 0 aromatic heterocycles. The van der Waals surface area contributed by atoms with Crippen molar-refractivity contribution in [3.05, 3.63) is 40.3 Å². The molecule has 2 rings (SSSR count). The van der Waals surface area contributed by atoms with Crippen molar-refractivity contribution in [3.63, 3.8) is 0 Å². The largest absolute Gasteiger partial charge is 0.147 e. The Morgan fingerprint density at radius 3 is 2.62 bits per heavy atom. The zero-order chi connectivity index (χ0) is 9.42. The van der Waals surface area contributed by atoms with Gasteiger partial charge in [0.1, 0.15) is 0 Å². The van der Waals surface area contributed by atoms with Crippen LogP contribution in [-0.4, -0.2) is 0 Å². The molecule has 1 aromatic rings. The third-order valence-corrected chi connectivity index (χ3v) is 2.95. The van der Waals surface area contributed by atoms with Crippen LogP contribution in [0.5, 0.6) is 0 Å². The Kier molecular flexibility index (Phi) is 2.20. The fraction of sp³-hybridized carbons (Fsp3) is 0.333. The van der Waals surface area contributed by atoms with Gasteiger partial charge in [0.15, 0.2) is 0 Å². The van der Waals surface area contributed by atoms with Crippen LogP contribution in [0.4, 0.5) is 0 Å². The average molecular weight is 190 g/mol. The highest BCUT2D eigenvalue weighted by atomic mass is 32.1. The van der Waals surface area contributed by atoms with Gasteiger partial charge in [-0.25, -0.2) is 0 Å². The molecule has 0 bridgehead atoms. The van der Waals surface area contributed by atoms with E-state index >= 15 is 0 Å². The molecular formula is C12H14S. The molecule has 0 nitrogen and oxygen atoms in total. The highest BCUT2D eigenvalue weighted by Gasteiger charge is 2.20. The van der Waals surface area contributed by atoms with Gasteiger partial charge in [0.05, 0.1) is 0 Å². The molecule has 0 spiro atoms. The molecule has 0 saturated carbocycles. The third-order valence-electron chi connectivity index (χ3n) is 2.55. The van der Waals surface area contributed by atoms with Crippen LogP contribution in [0.1, 0.15) is 25.0 Å². The van der Waals surface area contributed by atoms with Crippen LogP contribution in [0.2, 0.25) is 0 Å². The SMILES string of the molecule is CC(C)C1=C(S)Cc2ccccc21. The number of allylic oxidation sites excluding steroid dienone is 2. The van der Waals surface area contributed by atoms with E-state index in [0.717, 1.165) is 6.42 Å². The number of benzene rings is 1. The van der Waals surface area contributed by atoms with Gasteiger partial charge in [-0.2, -0.15) is 0 Å². The Morgan fingerprint density at radius 2 is 1.92 bits per heavy atom. The first kappa shape index (κ1) is 8.89. The maximum atomic E-state index is 4.55. The summed E-state index contributed by atoms with van der Waals surface area (Å²) in [5.74, 6) is 0.580. The first-order chi connectivity index (χ1) is 6.20. The van der Waals surface area contributed by atoms with Crippen LogP contribution in [0, 0.1) is 5.92 Å². The standard InChI is InChI=1S/C12H14S/c1-8(2)12-10-6-4-3-5-9(10)7-11(12)13/h3-6,8,13H,7H2,1-2H3. The van der Waals surface area contributed by atoms with Crippen LogP contribution in [-0.2, 0) is 6.42 Å². The maximum absolute atomic E-state index is 4.55. The summed E-state index contributed by atoms with van der Waals surface area (Å²) in [5.41, 5.74) is 4.26. The van der Waals surface area contributed by atoms with Gasteiger partial charge in [0.2, 0.25) is 0 Å². The molecule has 0 unspecified atom stereocenters. The third kappa shape index (κ3) is 1.42. The van der Waals surface area contributed by atoms with Crippen molar-refractivity contribution >= 4 is 18.2 Å². The normalized spacial score (nSPS) is 15.4. The predicted molar refractivity (Wildman–Crippen MR) is 60.9 cm³/mol. The number of thiol groups is 1. The summed E-state index contributed by atoms with van der Waals surface area (Å²) in [5, 5.41) is 0. The fourth-order valence-electron chi connectivity index (χ4n) is 2.01. The molecule has 0 amide bonds. The predicted octanol–water partition coefficient (Wildman–Crippen LogP) is 3.54. The number of hydrogen-bond acceptors (Lipinski definition) is 1. The van der Waals surface area contributed by atoms with Crippen molar-refractivity contribution in [1.82, 2.24) is 0 Å². The lowest BCUT2D eigenvalue weighted by molar-refractivity contribution is 0.856. The van der Waals surface area contributed by atoms with E-state index in [0.29, 0.717) is 5.92 Å². The molecule has 0 N–H and O–H groups in total. The van der Waals surface area contributed by atoms with Crippen molar-refractivity contribution in [2.75, 3.05) is 0 Å². The lowest BCUT2D eigenvalue weighted by atomic mass is 9.97. The summed E-state index contributed by atoms with van der Waals surface area (Å²) in [6, 6.07) is 8.60. The molecule has 1 aromatic carbocycles. The van der Waals surface area contributed by atoms with E-state index in [9.17, 15) is 0 Å². The Bertz CT molecular complexity index is 361. The second-order valence-corrected chi connectivity index (χ2v) is 4.39. The van der Waals surface area contributed by atoms with E-state index in [1.165, 1.54) is 21.6 Å². The minimum absolute atomic E-state index is 0.580. The van der Waals surface area contributed by atoms with Gasteiger partial charge >= 0.3 is 0 Å². The number of fused-ring (bicyclic) bond motifs is 1. The molecule has 1 aliphatic carbocycles. The zero-order valence-corrected chi connectivity index (χ0v) is 8.94. The van der Waals surface area contributed by atoms with Crippen LogP contribution in [0.15, 0.2) is 29.2 Å². The van der Waals surface area contributed by atoms with Crippen molar-refractivity contribution in [2.24, 2.45) is 5.92 Å². The Morgan fingerprint density at radius 1 is 1.23 bits per heavy atom. The van der Waals surface area contributed by atoms with Crippen molar-refractivity contribution in [3.8, 4) is 0 Å². The minimum Gasteiger partial charge on any atom is -0.147 e. The molecule has 0 aliphatic heterocycles. The summed E-state index contributed by atoms with van der Waals surface area (Å²) >= 11 is 4.55. The summed E-state index contributed by atoms with van der Waals surface area (Å²) in [6.45, 7) is 4.46. The van der Waals surface area contributed by atoms with Gasteiger partial charge in [-0.15, -0.1) is 12.6 Å². The quantitative estimate of drug-likeness (QED) is 0.643. The van der Waals surface area contributed by atoms with Gasteiger partial charge in [-0.05, 0) is 27.5 Å². The monoisotopic (exact) mass is 190 g/mol. The van der Waals surface area contributed by atoms with E-state index < -0.39 is 0 Å². The van der Waals surface area contributed by atoms with E-state index in [1.807, 2.05) is 0 Å². The van der Waals surface area contributed by atoms with Gasteiger partial charge in [0, 0.05) is 6.42 Å². The van der Waals surface area contributed by atoms with E-state index in [2.05, 4.69) is 50.7 Å². The molecule has 0 saturated heterocycles. The van der Waals surface area contributed by atoms with Gasteiger partial charge in [-0.3, -0.25) is 0 Å². The smallest absolute Gasteiger partial charge is 0.00409 e. The average Bonchev–Trinajstić information content (AvgIpc) is 2.39. The molecule has 1 aliphatic rings. The molecule has 0 heterocycles. The maximum Gasteiger partial charge on any atom is 0.00409 e. The van der Waals surface area contributed by atoms with Gasteiger partial charge < -0.3 is 0 Å². The highest BCUT2D eigenvalue weighted by molar-refractivity contribution is 7.84. The van der Waals surface area contributed by atoms with Crippen LogP contribution < -0.4 is 0 Å². The first-order valence-corrected chi connectivity index (χ1v) is 5.15. The molecule has 0 atom stereocenters. The summed E-state index contributed by atoms with van der Waals surface area (Å²) in [7, 11) is 0. The molecule has 0 fully saturated rings. The summed E-state index contributed by atoms with van der Waals surface area (Å²) < 4.78 is 0. The summed E-state index contributed by atoms with van der Waals surface area (Å²) in [6.07, 6.45) is 1.02. The van der Waals surface area contributed by atoms with Crippen LogP contribution in [0.25, 0.3) is 5.57 Å². The van der Waals surface area contributed by atoms with E-state index in [-0.39, 0.29) is 0 Å². The molecule has 0 radical (unpaired) electrons. The van der Waals surface area contributed by atoms with Crippen molar-refractivity contribution < 1.29 is 0 Å².